The van der Waals surface area contributed by atoms with Gasteiger partial charge in [-0.3, -0.25) is 4.79 Å². The van der Waals surface area contributed by atoms with E-state index >= 15 is 0 Å². The summed E-state index contributed by atoms with van der Waals surface area (Å²) in [6, 6.07) is 9.09. The summed E-state index contributed by atoms with van der Waals surface area (Å²) < 4.78 is 0. The van der Waals surface area contributed by atoms with Crippen LogP contribution in [0.4, 0.5) is 5.69 Å². The number of anilines is 1. The summed E-state index contributed by atoms with van der Waals surface area (Å²) in [5.74, 6) is -0.0312. The smallest absolute Gasteiger partial charge is 0.256 e. The van der Waals surface area contributed by atoms with Gasteiger partial charge in [-0.15, -0.1) is 0 Å². The first kappa shape index (κ1) is 13.1. The number of carbonyl (C=O) groups is 1. The molecule has 0 bridgehead atoms. The van der Waals surface area contributed by atoms with Gasteiger partial charge < -0.3 is 15.6 Å². The van der Waals surface area contributed by atoms with E-state index in [4.69, 9.17) is 17.3 Å². The number of H-pyrrole nitrogens is 1. The molecule has 0 aliphatic carbocycles. The minimum Gasteiger partial charge on any atom is -0.398 e. The Hall–Kier alpha value is -1.94. The minimum atomic E-state index is -0.0312. The van der Waals surface area contributed by atoms with Crippen LogP contribution in [-0.4, -0.2) is 22.3 Å². The molecular weight excluding hydrogens is 274 g/mol. The second-order valence-corrected chi connectivity index (χ2v) is 5.45. The first-order valence-corrected chi connectivity index (χ1v) is 7.04. The number of carbonyl (C=O) groups excluding carboxylic acids is 1. The molecule has 20 heavy (non-hydrogen) atoms. The van der Waals surface area contributed by atoms with Crippen LogP contribution in [0.3, 0.4) is 0 Å². The van der Waals surface area contributed by atoms with Crippen molar-refractivity contribution in [2.24, 2.45) is 0 Å². The standard InChI is InChI=1S/C15H16ClN3O/c16-10-5-6-11(12(17)9-10)15(20)19-8-2-4-14(19)13-3-1-7-18-13/h1,3,5-7,9,14,18H,2,4,8,17H2. The number of aromatic nitrogens is 1. The van der Waals surface area contributed by atoms with Crippen molar-refractivity contribution in [1.29, 1.82) is 0 Å². The van der Waals surface area contributed by atoms with Gasteiger partial charge in [-0.2, -0.15) is 0 Å². The third-order valence-corrected chi connectivity index (χ3v) is 3.97. The summed E-state index contributed by atoms with van der Waals surface area (Å²) in [5.41, 5.74) is 7.94. The maximum atomic E-state index is 12.7. The Balaban J connectivity index is 1.89. The number of hydrogen-bond donors (Lipinski definition) is 2. The molecule has 1 aliphatic heterocycles. The van der Waals surface area contributed by atoms with E-state index in [1.54, 1.807) is 18.2 Å². The van der Waals surface area contributed by atoms with Crippen LogP contribution in [0.5, 0.6) is 0 Å². The van der Waals surface area contributed by atoms with Crippen LogP contribution >= 0.6 is 11.6 Å². The molecule has 1 aliphatic rings. The molecule has 1 atom stereocenters. The van der Waals surface area contributed by atoms with Gasteiger partial charge >= 0.3 is 0 Å². The molecule has 1 aromatic carbocycles. The van der Waals surface area contributed by atoms with Gasteiger partial charge in [0.2, 0.25) is 0 Å². The maximum absolute atomic E-state index is 12.7. The van der Waals surface area contributed by atoms with Crippen molar-refractivity contribution < 1.29 is 4.79 Å². The summed E-state index contributed by atoms with van der Waals surface area (Å²) in [6.07, 6.45) is 3.86. The quantitative estimate of drug-likeness (QED) is 0.834. The first-order valence-electron chi connectivity index (χ1n) is 6.66. The van der Waals surface area contributed by atoms with E-state index in [0.29, 0.717) is 16.3 Å². The number of halogens is 1. The van der Waals surface area contributed by atoms with Gasteiger partial charge in [-0.05, 0) is 43.2 Å². The number of likely N-dealkylation sites (tertiary alicyclic amines) is 1. The molecule has 1 unspecified atom stereocenters. The molecule has 1 fully saturated rings. The van der Waals surface area contributed by atoms with E-state index < -0.39 is 0 Å². The summed E-state index contributed by atoms with van der Waals surface area (Å²) >= 11 is 5.88. The van der Waals surface area contributed by atoms with Gasteiger partial charge in [0, 0.05) is 29.1 Å². The predicted octanol–water partition coefficient (Wildman–Crippen LogP) is 3.23. The van der Waals surface area contributed by atoms with E-state index in [-0.39, 0.29) is 11.9 Å². The molecule has 1 saturated heterocycles. The number of aromatic amines is 1. The zero-order valence-corrected chi connectivity index (χ0v) is 11.7. The highest BCUT2D eigenvalue weighted by Gasteiger charge is 2.31. The van der Waals surface area contributed by atoms with Crippen molar-refractivity contribution in [2.75, 3.05) is 12.3 Å². The van der Waals surface area contributed by atoms with Crippen LogP contribution in [-0.2, 0) is 0 Å². The lowest BCUT2D eigenvalue weighted by molar-refractivity contribution is 0.0734. The molecule has 4 nitrogen and oxygen atoms in total. The van der Waals surface area contributed by atoms with Crippen LogP contribution in [0, 0.1) is 0 Å². The minimum absolute atomic E-state index is 0.0312. The van der Waals surface area contributed by atoms with Crippen molar-refractivity contribution in [1.82, 2.24) is 9.88 Å². The number of benzene rings is 1. The Labute approximate surface area is 122 Å². The van der Waals surface area contributed by atoms with Gasteiger partial charge in [-0.1, -0.05) is 11.6 Å². The number of nitrogens with zero attached hydrogens (tertiary/aromatic N) is 1. The van der Waals surface area contributed by atoms with Crippen LogP contribution in [0.1, 0.15) is 34.9 Å². The highest BCUT2D eigenvalue weighted by atomic mass is 35.5. The van der Waals surface area contributed by atoms with Gasteiger partial charge in [-0.25, -0.2) is 0 Å². The lowest BCUT2D eigenvalue weighted by atomic mass is 10.1. The fourth-order valence-electron chi connectivity index (χ4n) is 2.77. The largest absolute Gasteiger partial charge is 0.398 e. The Morgan fingerprint density at radius 2 is 2.25 bits per heavy atom. The second kappa shape index (κ2) is 5.21. The van der Waals surface area contributed by atoms with Crippen molar-refractivity contribution in [2.45, 2.75) is 18.9 Å². The summed E-state index contributed by atoms with van der Waals surface area (Å²) in [5, 5.41) is 0.543. The molecule has 5 heteroatoms. The van der Waals surface area contributed by atoms with Crippen LogP contribution in [0.25, 0.3) is 0 Å². The fraction of sp³-hybridized carbons (Fsp3) is 0.267. The third-order valence-electron chi connectivity index (χ3n) is 3.74. The van der Waals surface area contributed by atoms with E-state index in [1.807, 2.05) is 23.2 Å². The maximum Gasteiger partial charge on any atom is 0.256 e. The average Bonchev–Trinajstić information content (AvgIpc) is 3.09. The number of nitrogen functional groups attached to an aromatic ring is 1. The molecule has 2 aromatic rings. The normalized spacial score (nSPS) is 18.4. The fourth-order valence-corrected chi connectivity index (χ4v) is 2.95. The molecule has 1 amide bonds. The molecular formula is C15H16ClN3O. The van der Waals surface area contributed by atoms with Crippen molar-refractivity contribution in [3.05, 3.63) is 52.8 Å². The molecule has 0 radical (unpaired) electrons. The zero-order chi connectivity index (χ0) is 14.1. The Kier molecular flexibility index (Phi) is 3.40. The SMILES string of the molecule is Nc1cc(Cl)ccc1C(=O)N1CCCC1c1ccc[nH]1. The van der Waals surface area contributed by atoms with E-state index in [0.717, 1.165) is 25.1 Å². The van der Waals surface area contributed by atoms with Crippen molar-refractivity contribution in [3.63, 3.8) is 0 Å². The molecule has 3 N–H and O–H groups in total. The lowest BCUT2D eigenvalue weighted by Gasteiger charge is -2.24. The Morgan fingerprint density at radius 1 is 1.40 bits per heavy atom. The predicted molar refractivity (Wildman–Crippen MR) is 79.7 cm³/mol. The Bertz CT molecular complexity index is 624. The van der Waals surface area contributed by atoms with E-state index in [2.05, 4.69) is 4.98 Å². The zero-order valence-electron chi connectivity index (χ0n) is 11.0. The number of nitrogens with one attached hydrogen (secondary N) is 1. The molecule has 0 spiro atoms. The third kappa shape index (κ3) is 2.27. The van der Waals surface area contributed by atoms with Gasteiger partial charge in [0.15, 0.2) is 0 Å². The highest BCUT2D eigenvalue weighted by molar-refractivity contribution is 6.31. The van der Waals surface area contributed by atoms with Crippen molar-refractivity contribution >= 4 is 23.2 Å². The monoisotopic (exact) mass is 289 g/mol. The topological polar surface area (TPSA) is 62.1 Å². The van der Waals surface area contributed by atoms with Crippen LogP contribution in [0.2, 0.25) is 5.02 Å². The number of hydrogen-bond acceptors (Lipinski definition) is 2. The summed E-state index contributed by atoms with van der Waals surface area (Å²) in [7, 11) is 0. The first-order chi connectivity index (χ1) is 9.66. The van der Waals surface area contributed by atoms with E-state index in [9.17, 15) is 4.79 Å². The van der Waals surface area contributed by atoms with Crippen LogP contribution in [0.15, 0.2) is 36.5 Å². The average molecular weight is 290 g/mol. The summed E-state index contributed by atoms with van der Waals surface area (Å²) in [4.78, 5) is 17.7. The molecule has 0 saturated carbocycles. The number of amides is 1. The lowest BCUT2D eigenvalue weighted by Crippen LogP contribution is -2.31. The van der Waals surface area contributed by atoms with E-state index in [1.165, 1.54) is 0 Å². The molecule has 1 aromatic heterocycles. The Morgan fingerprint density at radius 3 is 2.95 bits per heavy atom. The number of rotatable bonds is 2. The van der Waals surface area contributed by atoms with Crippen molar-refractivity contribution in [3.8, 4) is 0 Å². The van der Waals surface area contributed by atoms with Crippen LogP contribution < -0.4 is 5.73 Å². The number of nitrogens with two attached hydrogens (primary N) is 1. The molecule has 3 rings (SSSR count). The van der Waals surface area contributed by atoms with Gasteiger partial charge in [0.1, 0.15) is 0 Å². The van der Waals surface area contributed by atoms with Gasteiger partial charge in [0.05, 0.1) is 11.6 Å². The molecule has 2 heterocycles. The molecule has 104 valence electrons. The summed E-state index contributed by atoms with van der Waals surface area (Å²) in [6.45, 7) is 0.755. The van der Waals surface area contributed by atoms with Gasteiger partial charge in [0.25, 0.3) is 5.91 Å². The second-order valence-electron chi connectivity index (χ2n) is 5.01. The highest BCUT2D eigenvalue weighted by Crippen LogP contribution is 2.33.